The van der Waals surface area contributed by atoms with Crippen molar-refractivity contribution < 1.29 is 29.6 Å². The van der Waals surface area contributed by atoms with Crippen molar-refractivity contribution in [1.29, 1.82) is 0 Å². The first-order valence-electron chi connectivity index (χ1n) is 18.6. The maximum absolute atomic E-state index is 13.7. The van der Waals surface area contributed by atoms with Crippen LogP contribution in [0.4, 0.5) is 0 Å². The smallest absolute Gasteiger partial charge is 0.159 e. The minimum Gasteiger partial charge on any atom is -0.393 e. The first-order valence-corrected chi connectivity index (χ1v) is 18.6. The van der Waals surface area contributed by atoms with E-state index in [9.17, 15) is 20.1 Å². The van der Waals surface area contributed by atoms with Crippen molar-refractivity contribution >= 4 is 5.78 Å². The van der Waals surface area contributed by atoms with Gasteiger partial charge in [-0.05, 0) is 129 Å². The number of aliphatic hydroxyl groups is 3. The van der Waals surface area contributed by atoms with Gasteiger partial charge in [-0.3, -0.25) is 4.79 Å². The van der Waals surface area contributed by atoms with Crippen molar-refractivity contribution in [3.63, 3.8) is 0 Å². The van der Waals surface area contributed by atoms with E-state index in [0.717, 1.165) is 63.5 Å². The van der Waals surface area contributed by atoms with Crippen molar-refractivity contribution in [1.82, 2.24) is 5.32 Å². The van der Waals surface area contributed by atoms with Crippen LogP contribution in [-0.4, -0.2) is 69.4 Å². The number of ether oxygens (including phenoxy) is 2. The molecule has 0 amide bonds. The van der Waals surface area contributed by atoms with Gasteiger partial charge in [0.2, 0.25) is 0 Å². The summed E-state index contributed by atoms with van der Waals surface area (Å²) in [5.74, 6) is 1.20. The first kappa shape index (κ1) is 33.8. The Labute approximate surface area is 281 Å². The van der Waals surface area contributed by atoms with E-state index in [1.807, 2.05) is 13.0 Å². The molecule has 4 aliphatic carbocycles. The van der Waals surface area contributed by atoms with E-state index in [-0.39, 0.29) is 41.2 Å². The molecule has 47 heavy (non-hydrogen) atoms. The van der Waals surface area contributed by atoms with Gasteiger partial charge in [0.1, 0.15) is 17.8 Å². The number of fused-ring (bicyclic) bond motifs is 5. The van der Waals surface area contributed by atoms with Crippen LogP contribution in [0, 0.1) is 39.9 Å². The molecule has 0 unspecified atom stereocenters. The standard InChI is InChI=1S/C39H60N2O6/c1-23-12-18-46-38(22-23,33-32(47-33)37(6,44)34(2,3)13-7-24-11-17-41-31(40)19-24)30-10-16-39(45)27-21-29(43)28-20-25(42)8-14-35(28,4)26(27)9-15-36(30,39)5/h11,19,21,23,25-26,28,30,32-33,41-42,44-45H,7-10,12-18,20,22,40H2,1-6H3/t23-,25-,26-,28-,30-,32-,33-,35+,36+,37-,38+,39+/m0/s1. The van der Waals surface area contributed by atoms with Gasteiger partial charge in [-0.25, -0.2) is 0 Å². The summed E-state index contributed by atoms with van der Waals surface area (Å²) in [7, 11) is 0. The Balaban J connectivity index is 1.18. The van der Waals surface area contributed by atoms with Crippen LogP contribution in [0.2, 0.25) is 0 Å². The minimum atomic E-state index is -1.10. The fourth-order valence-corrected chi connectivity index (χ4v) is 11.7. The lowest BCUT2D eigenvalue weighted by molar-refractivity contribution is -0.193. The normalized spacial score (nSPS) is 47.7. The summed E-state index contributed by atoms with van der Waals surface area (Å²) >= 11 is 0. The molecule has 5 fully saturated rings. The van der Waals surface area contributed by atoms with Gasteiger partial charge in [-0.15, -0.1) is 0 Å². The molecule has 7 rings (SSSR count). The molecule has 3 saturated carbocycles. The second-order valence-electron chi connectivity index (χ2n) is 18.1. The number of allylic oxidation sites excluding steroid dienone is 3. The molecule has 2 saturated heterocycles. The number of dihydropyridines is 1. The van der Waals surface area contributed by atoms with E-state index in [1.165, 1.54) is 5.57 Å². The number of epoxide rings is 1. The predicted molar refractivity (Wildman–Crippen MR) is 181 cm³/mol. The molecule has 7 aliphatic rings. The fraction of sp³-hybridized carbons (Fsp3) is 0.821. The average Bonchev–Trinajstić information content (AvgIpc) is 3.77. The van der Waals surface area contributed by atoms with Crippen LogP contribution >= 0.6 is 0 Å². The Morgan fingerprint density at radius 1 is 1.06 bits per heavy atom. The summed E-state index contributed by atoms with van der Waals surface area (Å²) in [6.07, 6.45) is 13.6. The molecule has 3 heterocycles. The van der Waals surface area contributed by atoms with E-state index >= 15 is 0 Å². The predicted octanol–water partition coefficient (Wildman–Crippen LogP) is 5.06. The highest BCUT2D eigenvalue weighted by Gasteiger charge is 2.75. The van der Waals surface area contributed by atoms with E-state index in [0.29, 0.717) is 37.6 Å². The number of hydrogen-bond acceptors (Lipinski definition) is 8. The van der Waals surface area contributed by atoms with Crippen LogP contribution in [0.15, 0.2) is 35.2 Å². The maximum Gasteiger partial charge on any atom is 0.159 e. The van der Waals surface area contributed by atoms with Gasteiger partial charge in [-0.1, -0.05) is 40.7 Å². The quantitative estimate of drug-likeness (QED) is 0.241. The summed E-state index contributed by atoms with van der Waals surface area (Å²) in [5, 5.41) is 38.9. The Morgan fingerprint density at radius 3 is 2.55 bits per heavy atom. The van der Waals surface area contributed by atoms with Crippen LogP contribution in [0.25, 0.3) is 0 Å². The minimum absolute atomic E-state index is 0.0281. The van der Waals surface area contributed by atoms with Crippen molar-refractivity contribution in [2.24, 2.45) is 45.7 Å². The van der Waals surface area contributed by atoms with Gasteiger partial charge < -0.3 is 35.8 Å². The summed E-state index contributed by atoms with van der Waals surface area (Å²) in [6, 6.07) is 0. The molecule has 0 spiro atoms. The molecule has 3 aliphatic heterocycles. The zero-order chi connectivity index (χ0) is 33.8. The van der Waals surface area contributed by atoms with Crippen LogP contribution in [0.1, 0.15) is 112 Å². The number of hydrogen-bond donors (Lipinski definition) is 5. The molecule has 12 atom stereocenters. The molecule has 6 N–H and O–H groups in total. The summed E-state index contributed by atoms with van der Waals surface area (Å²) in [4.78, 5) is 13.7. The van der Waals surface area contributed by atoms with Crippen molar-refractivity contribution in [3.8, 4) is 0 Å². The van der Waals surface area contributed by atoms with Crippen molar-refractivity contribution in [2.45, 2.75) is 147 Å². The number of aliphatic hydroxyl groups excluding tert-OH is 1. The fourth-order valence-electron chi connectivity index (χ4n) is 11.7. The summed E-state index contributed by atoms with van der Waals surface area (Å²) < 4.78 is 13.6. The maximum atomic E-state index is 13.7. The van der Waals surface area contributed by atoms with E-state index in [4.69, 9.17) is 15.2 Å². The summed E-state index contributed by atoms with van der Waals surface area (Å²) in [5.41, 5.74) is 4.18. The zero-order valence-electron chi connectivity index (χ0n) is 29.6. The number of rotatable bonds is 7. The Hall–Kier alpha value is -1.71. The van der Waals surface area contributed by atoms with Gasteiger partial charge >= 0.3 is 0 Å². The molecule has 8 nitrogen and oxygen atoms in total. The third kappa shape index (κ3) is 4.97. The van der Waals surface area contributed by atoms with Gasteiger partial charge in [0, 0.05) is 24.5 Å². The van der Waals surface area contributed by atoms with Gasteiger partial charge in [0.05, 0.1) is 23.1 Å². The number of nitrogens with one attached hydrogen (secondary N) is 1. The SMILES string of the molecule is C[C@H]1CCO[C@]([C@H]2CC[C@@]3(O)C4=CC(=O)[C@@H]5C[C@@H](O)CC[C@]5(C)[C@H]4CC[C@]23C)([C@H]2O[C@@H]2[C@](C)(O)C(C)(C)CCC2=CCNC(N)=C2)C1. The van der Waals surface area contributed by atoms with E-state index in [1.54, 1.807) is 6.08 Å². The molecule has 0 aromatic heterocycles. The Kier molecular flexibility index (Phi) is 8.01. The first-order chi connectivity index (χ1) is 22.0. The lowest BCUT2D eigenvalue weighted by Crippen LogP contribution is -2.63. The lowest BCUT2D eigenvalue weighted by atomic mass is 9.45. The third-order valence-electron chi connectivity index (χ3n) is 15.3. The molecule has 0 aromatic rings. The van der Waals surface area contributed by atoms with Crippen LogP contribution in [0.3, 0.4) is 0 Å². The molecule has 0 bridgehead atoms. The molecule has 0 radical (unpaired) electrons. The van der Waals surface area contributed by atoms with E-state index < -0.39 is 33.7 Å². The van der Waals surface area contributed by atoms with Gasteiger partial charge in [-0.2, -0.15) is 0 Å². The summed E-state index contributed by atoms with van der Waals surface area (Å²) in [6.45, 7) is 14.4. The molecule has 0 aromatic carbocycles. The van der Waals surface area contributed by atoms with Crippen molar-refractivity contribution in [2.75, 3.05) is 13.2 Å². The number of ketones is 1. The van der Waals surface area contributed by atoms with E-state index in [2.05, 4.69) is 46.0 Å². The monoisotopic (exact) mass is 652 g/mol. The highest BCUT2D eigenvalue weighted by atomic mass is 16.6. The van der Waals surface area contributed by atoms with Gasteiger partial charge in [0.15, 0.2) is 5.78 Å². The van der Waals surface area contributed by atoms with Gasteiger partial charge in [0.25, 0.3) is 0 Å². The second-order valence-corrected chi connectivity index (χ2v) is 18.1. The van der Waals surface area contributed by atoms with Crippen LogP contribution < -0.4 is 11.1 Å². The van der Waals surface area contributed by atoms with Crippen LogP contribution in [0.5, 0.6) is 0 Å². The topological polar surface area (TPSA) is 138 Å². The second kappa shape index (κ2) is 11.1. The highest BCUT2D eigenvalue weighted by Crippen LogP contribution is 2.71. The number of carbonyl (C=O) groups is 1. The number of carbonyl (C=O) groups excluding carboxylic acids is 1. The number of nitrogens with two attached hydrogens (primary N) is 1. The Morgan fingerprint density at radius 2 is 1.83 bits per heavy atom. The highest BCUT2D eigenvalue weighted by molar-refractivity contribution is 5.95. The average molecular weight is 653 g/mol. The van der Waals surface area contributed by atoms with Crippen molar-refractivity contribution in [3.05, 3.63) is 35.2 Å². The zero-order valence-corrected chi connectivity index (χ0v) is 29.6. The van der Waals surface area contributed by atoms with Crippen LogP contribution in [-0.2, 0) is 14.3 Å². The largest absolute Gasteiger partial charge is 0.393 e. The molecule has 8 heteroatoms. The third-order valence-corrected chi connectivity index (χ3v) is 15.3. The molecule has 262 valence electrons. The molecular formula is C39H60N2O6. The Bertz CT molecular complexity index is 1380. The molecular weight excluding hydrogens is 592 g/mol. The lowest BCUT2D eigenvalue weighted by Gasteiger charge is -2.61.